The Morgan fingerprint density at radius 3 is 2.47 bits per heavy atom. The smallest absolute Gasteiger partial charge is 0.330 e. The average molecular weight is 258 g/mol. The Morgan fingerprint density at radius 1 is 1.35 bits per heavy atom. The van der Waals surface area contributed by atoms with Crippen molar-refractivity contribution in [2.24, 2.45) is 0 Å². The molecule has 1 N–H and O–H groups in total. The molecular formula is C9H14F4N2O2. The van der Waals surface area contributed by atoms with E-state index in [9.17, 15) is 22.4 Å². The molecule has 1 saturated heterocycles. The van der Waals surface area contributed by atoms with E-state index >= 15 is 0 Å². The first-order valence-electron chi connectivity index (χ1n) is 5.15. The van der Waals surface area contributed by atoms with E-state index in [0.29, 0.717) is 26.2 Å². The Bertz CT molecular complexity index is 257. The zero-order chi connectivity index (χ0) is 12.9. The maximum Gasteiger partial charge on any atom is 0.330 e. The van der Waals surface area contributed by atoms with Crippen LogP contribution < -0.4 is 5.32 Å². The van der Waals surface area contributed by atoms with E-state index in [1.54, 1.807) is 0 Å². The van der Waals surface area contributed by atoms with Crippen molar-refractivity contribution in [1.29, 1.82) is 0 Å². The molecule has 0 radical (unpaired) electrons. The fourth-order valence-corrected chi connectivity index (χ4v) is 1.34. The van der Waals surface area contributed by atoms with Crippen molar-refractivity contribution < 1.29 is 27.1 Å². The van der Waals surface area contributed by atoms with Gasteiger partial charge in [-0.15, -0.1) is 0 Å². The number of halogens is 4. The average Bonchev–Trinajstić information content (AvgIpc) is 2.29. The quantitative estimate of drug-likeness (QED) is 0.723. The van der Waals surface area contributed by atoms with Crippen LogP contribution in [-0.2, 0) is 9.53 Å². The maximum atomic E-state index is 12.4. The van der Waals surface area contributed by atoms with Crippen molar-refractivity contribution >= 4 is 5.91 Å². The van der Waals surface area contributed by atoms with Gasteiger partial charge in [0.05, 0.1) is 0 Å². The largest absolute Gasteiger partial charge is 0.365 e. The number of nitrogens with zero attached hydrogens (tertiary/aromatic N) is 1. The van der Waals surface area contributed by atoms with Gasteiger partial charge in [-0.05, 0) is 0 Å². The van der Waals surface area contributed by atoms with Gasteiger partial charge in [0, 0.05) is 26.2 Å². The highest BCUT2D eigenvalue weighted by molar-refractivity contribution is 5.77. The van der Waals surface area contributed by atoms with Crippen LogP contribution in [0.5, 0.6) is 0 Å². The Balaban J connectivity index is 2.24. The summed E-state index contributed by atoms with van der Waals surface area (Å²) in [4.78, 5) is 12.8. The molecule has 1 aliphatic rings. The van der Waals surface area contributed by atoms with E-state index in [4.69, 9.17) is 0 Å². The second-order valence-electron chi connectivity index (χ2n) is 3.69. The van der Waals surface area contributed by atoms with Crippen molar-refractivity contribution in [1.82, 2.24) is 10.2 Å². The number of ether oxygens (including phenoxy) is 1. The molecular weight excluding hydrogens is 244 g/mol. The van der Waals surface area contributed by atoms with E-state index in [1.807, 2.05) is 0 Å². The topological polar surface area (TPSA) is 41.6 Å². The minimum atomic E-state index is -4.20. The van der Waals surface area contributed by atoms with E-state index in [2.05, 4.69) is 10.1 Å². The van der Waals surface area contributed by atoms with E-state index in [0.717, 1.165) is 0 Å². The summed E-state index contributed by atoms with van der Waals surface area (Å²) in [5.74, 6) is -4.67. The third-order valence-corrected chi connectivity index (χ3v) is 2.31. The van der Waals surface area contributed by atoms with Crippen molar-refractivity contribution in [2.75, 3.05) is 39.4 Å². The van der Waals surface area contributed by atoms with Crippen LogP contribution in [0.15, 0.2) is 0 Å². The predicted octanol–water partition coefficient (Wildman–Crippen LogP) is 0.335. The molecule has 1 fully saturated rings. The summed E-state index contributed by atoms with van der Waals surface area (Å²) in [5.41, 5.74) is 0. The van der Waals surface area contributed by atoms with Gasteiger partial charge in [-0.1, -0.05) is 0 Å². The van der Waals surface area contributed by atoms with Crippen LogP contribution in [0.4, 0.5) is 17.6 Å². The zero-order valence-electron chi connectivity index (χ0n) is 9.10. The molecule has 1 rings (SSSR count). The molecule has 8 heteroatoms. The molecule has 0 atom stereocenters. The van der Waals surface area contributed by atoms with Gasteiger partial charge in [0.15, 0.2) is 0 Å². The fraction of sp³-hybridized carbons (Fsp3) is 0.889. The molecule has 1 amide bonds. The number of carbonyl (C=O) groups excluding carboxylic acids is 1. The van der Waals surface area contributed by atoms with Gasteiger partial charge >= 0.3 is 12.3 Å². The molecule has 4 nitrogen and oxygen atoms in total. The lowest BCUT2D eigenvalue weighted by atomic mass is 10.3. The van der Waals surface area contributed by atoms with Gasteiger partial charge in [0.25, 0.3) is 0 Å². The first-order chi connectivity index (χ1) is 7.93. The highest BCUT2D eigenvalue weighted by atomic mass is 19.3. The van der Waals surface area contributed by atoms with Crippen molar-refractivity contribution in [3.05, 3.63) is 0 Å². The van der Waals surface area contributed by atoms with Crippen LogP contribution in [0, 0.1) is 0 Å². The van der Waals surface area contributed by atoms with E-state index in [1.165, 1.54) is 4.90 Å². The Labute approximate surface area is 95.9 Å². The summed E-state index contributed by atoms with van der Waals surface area (Å²) in [6.45, 7) is 0.142. The van der Waals surface area contributed by atoms with Crippen LogP contribution in [0.2, 0.25) is 0 Å². The Kier molecular flexibility index (Phi) is 5.13. The van der Waals surface area contributed by atoms with Gasteiger partial charge in [-0.3, -0.25) is 4.79 Å². The van der Waals surface area contributed by atoms with Gasteiger partial charge in [-0.25, -0.2) is 8.78 Å². The number of piperazine rings is 1. The predicted molar refractivity (Wildman–Crippen MR) is 51.2 cm³/mol. The molecule has 17 heavy (non-hydrogen) atoms. The van der Waals surface area contributed by atoms with Gasteiger partial charge in [-0.2, -0.15) is 8.78 Å². The molecule has 0 aromatic carbocycles. The summed E-state index contributed by atoms with van der Waals surface area (Å²) in [5, 5.41) is 3.01. The molecule has 1 heterocycles. The molecule has 0 bridgehead atoms. The highest BCUT2D eigenvalue weighted by Gasteiger charge is 2.41. The van der Waals surface area contributed by atoms with Crippen LogP contribution in [-0.4, -0.2) is 62.5 Å². The van der Waals surface area contributed by atoms with Gasteiger partial charge in [0.2, 0.25) is 5.91 Å². The molecule has 100 valence electrons. The van der Waals surface area contributed by atoms with Crippen LogP contribution in [0.1, 0.15) is 0 Å². The van der Waals surface area contributed by atoms with Gasteiger partial charge in [0.1, 0.15) is 13.2 Å². The van der Waals surface area contributed by atoms with Gasteiger partial charge < -0.3 is 15.0 Å². The molecule has 0 unspecified atom stereocenters. The number of amides is 1. The number of alkyl halides is 4. The number of nitrogens with one attached hydrogen (secondary N) is 1. The van der Waals surface area contributed by atoms with Crippen LogP contribution in [0.3, 0.4) is 0 Å². The monoisotopic (exact) mass is 258 g/mol. The number of rotatable bonds is 5. The molecule has 1 aliphatic heterocycles. The van der Waals surface area contributed by atoms with Crippen molar-refractivity contribution in [2.45, 2.75) is 12.3 Å². The molecule has 0 aromatic rings. The molecule has 0 spiro atoms. The SMILES string of the molecule is O=C(COCC(F)(F)C(F)F)N1CCNCC1. The third kappa shape index (κ3) is 4.47. The van der Waals surface area contributed by atoms with Crippen LogP contribution in [0.25, 0.3) is 0 Å². The second-order valence-corrected chi connectivity index (χ2v) is 3.69. The first kappa shape index (κ1) is 14.2. The highest BCUT2D eigenvalue weighted by Crippen LogP contribution is 2.22. The van der Waals surface area contributed by atoms with E-state index < -0.39 is 31.5 Å². The summed E-state index contributed by atoms with van der Waals surface area (Å²) in [6, 6.07) is 0. The number of carbonyl (C=O) groups is 1. The molecule has 0 saturated carbocycles. The number of hydrogen-bond acceptors (Lipinski definition) is 3. The minimum Gasteiger partial charge on any atom is -0.365 e. The lowest BCUT2D eigenvalue weighted by Crippen LogP contribution is -2.48. The molecule has 0 aliphatic carbocycles. The zero-order valence-corrected chi connectivity index (χ0v) is 9.10. The summed E-state index contributed by atoms with van der Waals surface area (Å²) < 4.78 is 52.7. The Hall–Kier alpha value is -0.890. The summed E-state index contributed by atoms with van der Waals surface area (Å²) in [7, 11) is 0. The second kappa shape index (κ2) is 6.15. The minimum absolute atomic E-state index is 0.462. The van der Waals surface area contributed by atoms with Crippen LogP contribution >= 0.6 is 0 Å². The lowest BCUT2D eigenvalue weighted by molar-refractivity contribution is -0.171. The van der Waals surface area contributed by atoms with Crippen molar-refractivity contribution in [3.63, 3.8) is 0 Å². The fourth-order valence-electron chi connectivity index (χ4n) is 1.34. The first-order valence-corrected chi connectivity index (χ1v) is 5.15. The maximum absolute atomic E-state index is 12.4. The lowest BCUT2D eigenvalue weighted by Gasteiger charge is -2.27. The normalized spacial score (nSPS) is 17.6. The summed E-state index contributed by atoms with van der Waals surface area (Å²) in [6.07, 6.45) is -3.78. The summed E-state index contributed by atoms with van der Waals surface area (Å²) >= 11 is 0. The van der Waals surface area contributed by atoms with Crippen molar-refractivity contribution in [3.8, 4) is 0 Å². The third-order valence-electron chi connectivity index (χ3n) is 2.31. The molecule has 0 aromatic heterocycles. The van der Waals surface area contributed by atoms with E-state index in [-0.39, 0.29) is 0 Å². The standard InChI is InChI=1S/C9H14F4N2O2/c10-8(11)9(12,13)6-17-5-7(16)15-3-1-14-2-4-15/h8,14H,1-6H2. The Morgan fingerprint density at radius 2 is 1.94 bits per heavy atom. The number of hydrogen-bond donors (Lipinski definition) is 1.